The van der Waals surface area contributed by atoms with Gasteiger partial charge < -0.3 is 40.8 Å². The Balaban J connectivity index is 0.00000193. The largest absolute Gasteiger partial charge is 0.662 e. The fraction of sp³-hybridized carbons (Fsp3) is 0.436. The number of urea groups is 1. The van der Waals surface area contributed by atoms with Gasteiger partial charge in [-0.15, -0.1) is 11.3 Å². The number of aromatic nitrogens is 2. The Morgan fingerprint density at radius 3 is 2.11 bits per heavy atom. The van der Waals surface area contributed by atoms with Crippen LogP contribution in [0.25, 0.3) is 0 Å². The van der Waals surface area contributed by atoms with Crippen molar-refractivity contribution in [1.29, 1.82) is 0 Å². The van der Waals surface area contributed by atoms with Crippen molar-refractivity contribution in [3.8, 4) is 0 Å². The molecule has 2 aromatic carbocycles. The summed E-state index contributed by atoms with van der Waals surface area (Å²) in [5, 5.41) is 32.0. The van der Waals surface area contributed by atoms with Gasteiger partial charge >= 0.3 is 12.1 Å². The number of thiazole rings is 2. The van der Waals surface area contributed by atoms with E-state index in [0.29, 0.717) is 25.3 Å². The first kappa shape index (κ1) is 44.5. The number of alkyl carbamates (subject to hydrolysis) is 1. The summed E-state index contributed by atoms with van der Waals surface area (Å²) in [4.78, 5) is 58.5. The Bertz CT molecular complexity index is 1750. The number of hydrogen-bond acceptors (Lipinski definition) is 11. The summed E-state index contributed by atoms with van der Waals surface area (Å²) in [6, 6.07) is 16.9. The molecule has 0 fully saturated rings. The molecule has 0 saturated heterocycles. The SMILES string of the molecule is CC(C)c1nc(CN(C)C(=O)N[C@@H](C(=O)N[C@@H](Cc2ccccc2)C[C@H](O)[C@H](Cc2ccccc2)NC(=O)OCc2c[n+](C)cs2)C(C)C)cs1.O=CO[O-]. The number of benzene rings is 2. The number of aliphatic hydroxyl groups is 1. The standard InChI is InChI=1S/C38H50N6O5S2.CH2O3/c1-25(2)34(42-37(47)44(6)20-30-23-50-36(40-30)26(3)4)35(46)39-29(17-27-13-9-7-10-14-27)19-33(45)32(18-28-15-11-8-12-16-28)41-38(48)49-22-31-21-43(5)24-51-31;2-1-4-3/h7-16,21,23-26,29,32-34,45H,17-20,22H2,1-6H3,(H2-,39,41,42,46,47,48);1,3H/t29-,32-,33-,34+;/m0./s1. The summed E-state index contributed by atoms with van der Waals surface area (Å²) in [6.45, 7) is 8.16. The van der Waals surface area contributed by atoms with E-state index in [4.69, 9.17) is 14.8 Å². The molecule has 0 spiro atoms. The molecule has 14 nitrogen and oxygen atoms in total. The van der Waals surface area contributed by atoms with Crippen molar-refractivity contribution >= 4 is 47.2 Å². The topological polar surface area (TPSA) is 186 Å². The lowest BCUT2D eigenvalue weighted by molar-refractivity contribution is -0.666. The molecule has 2 aromatic heterocycles. The average Bonchev–Trinajstić information content (AvgIpc) is 3.82. The Hall–Kier alpha value is -4.90. The summed E-state index contributed by atoms with van der Waals surface area (Å²) >= 11 is 3.05. The minimum absolute atomic E-state index is 0.110. The number of rotatable bonds is 18. The van der Waals surface area contributed by atoms with Crippen LogP contribution in [0.1, 0.15) is 66.7 Å². The summed E-state index contributed by atoms with van der Waals surface area (Å²) in [5.74, 6) is -0.270. The number of aliphatic hydroxyl groups excluding tert-OH is 1. The van der Waals surface area contributed by atoms with E-state index in [-0.39, 0.29) is 37.4 Å². The van der Waals surface area contributed by atoms with Crippen LogP contribution in [-0.2, 0) is 52.3 Å². The van der Waals surface area contributed by atoms with E-state index in [2.05, 4.69) is 39.7 Å². The van der Waals surface area contributed by atoms with Gasteiger partial charge in [-0.05, 0) is 36.3 Å². The van der Waals surface area contributed by atoms with Crippen molar-refractivity contribution in [3.63, 3.8) is 0 Å². The Labute approximate surface area is 330 Å². The zero-order chi connectivity index (χ0) is 40.3. The molecule has 0 aliphatic heterocycles. The van der Waals surface area contributed by atoms with Crippen LogP contribution in [0.5, 0.6) is 0 Å². The van der Waals surface area contributed by atoms with Crippen LogP contribution >= 0.6 is 22.7 Å². The van der Waals surface area contributed by atoms with Crippen LogP contribution in [0.15, 0.2) is 77.8 Å². The quantitative estimate of drug-likeness (QED) is 0.0504. The lowest BCUT2D eigenvalue weighted by Gasteiger charge is -2.30. The van der Waals surface area contributed by atoms with Crippen LogP contribution in [0.2, 0.25) is 0 Å². The second-order valence-electron chi connectivity index (χ2n) is 13.8. The van der Waals surface area contributed by atoms with Crippen molar-refractivity contribution in [2.75, 3.05) is 7.05 Å². The zero-order valence-corrected chi connectivity index (χ0v) is 33.7. The highest BCUT2D eigenvalue weighted by molar-refractivity contribution is 7.09. The van der Waals surface area contributed by atoms with Gasteiger partial charge in [0.25, 0.3) is 6.47 Å². The molecule has 16 heteroatoms. The number of aryl methyl sites for hydroxylation is 1. The molecule has 2 heterocycles. The van der Waals surface area contributed by atoms with Gasteiger partial charge in [-0.1, -0.05) is 99.7 Å². The van der Waals surface area contributed by atoms with E-state index in [1.54, 1.807) is 18.4 Å². The van der Waals surface area contributed by atoms with Crippen molar-refractivity contribution in [3.05, 3.63) is 104 Å². The molecule has 4 atom stereocenters. The van der Waals surface area contributed by atoms with Crippen molar-refractivity contribution in [1.82, 2.24) is 25.8 Å². The van der Waals surface area contributed by atoms with Gasteiger partial charge in [-0.3, -0.25) is 9.59 Å². The molecule has 0 radical (unpaired) electrons. The molecule has 4 rings (SSSR count). The number of nitrogens with zero attached hydrogens (tertiary/aromatic N) is 3. The first-order valence-electron chi connectivity index (χ1n) is 17.9. The molecule has 4 amide bonds. The van der Waals surface area contributed by atoms with Crippen LogP contribution < -0.4 is 25.8 Å². The van der Waals surface area contributed by atoms with Gasteiger partial charge in [0.2, 0.25) is 11.4 Å². The van der Waals surface area contributed by atoms with Gasteiger partial charge in [0.05, 0.1) is 29.4 Å². The van der Waals surface area contributed by atoms with Crippen molar-refractivity contribution in [2.24, 2.45) is 13.0 Å². The van der Waals surface area contributed by atoms with Gasteiger partial charge in [0.15, 0.2) is 6.20 Å². The fourth-order valence-corrected chi connectivity index (χ4v) is 7.13. The maximum Gasteiger partial charge on any atom is 0.407 e. The molecular formula is C39H52N6O8S2. The van der Waals surface area contributed by atoms with Crippen molar-refractivity contribution < 1.29 is 43.7 Å². The van der Waals surface area contributed by atoms with E-state index in [1.165, 1.54) is 16.2 Å². The summed E-state index contributed by atoms with van der Waals surface area (Å²) < 4.78 is 7.40. The van der Waals surface area contributed by atoms with E-state index >= 15 is 0 Å². The van der Waals surface area contributed by atoms with E-state index in [1.807, 2.05) is 103 Å². The van der Waals surface area contributed by atoms with Gasteiger partial charge in [-0.2, -0.15) is 4.57 Å². The van der Waals surface area contributed by atoms with Crippen molar-refractivity contribution in [2.45, 2.75) is 90.3 Å². The zero-order valence-electron chi connectivity index (χ0n) is 32.0. The molecule has 4 N–H and O–H groups in total. The van der Waals surface area contributed by atoms with Gasteiger partial charge in [0.1, 0.15) is 24.6 Å². The van der Waals surface area contributed by atoms with E-state index < -0.39 is 30.3 Å². The van der Waals surface area contributed by atoms with E-state index in [9.17, 15) is 19.5 Å². The Morgan fingerprint density at radius 2 is 1.58 bits per heavy atom. The lowest BCUT2D eigenvalue weighted by atomic mass is 9.93. The monoisotopic (exact) mass is 796 g/mol. The minimum atomic E-state index is -1.04. The number of ether oxygens (including phenoxy) is 1. The highest BCUT2D eigenvalue weighted by atomic mass is 32.1. The van der Waals surface area contributed by atoms with Gasteiger partial charge in [-0.25, -0.2) is 14.6 Å². The Morgan fingerprint density at radius 1 is 0.964 bits per heavy atom. The maximum atomic E-state index is 13.9. The summed E-state index contributed by atoms with van der Waals surface area (Å²) in [7, 11) is 3.58. The molecular weight excluding hydrogens is 745 g/mol. The maximum absolute atomic E-state index is 13.9. The van der Waals surface area contributed by atoms with Crippen LogP contribution in [0.4, 0.5) is 9.59 Å². The smallest absolute Gasteiger partial charge is 0.407 e. The van der Waals surface area contributed by atoms with Crippen LogP contribution in [-0.4, -0.2) is 70.8 Å². The number of carbonyl (C=O) groups is 4. The third kappa shape index (κ3) is 15.8. The molecule has 4 aromatic rings. The normalized spacial score (nSPS) is 13.1. The highest BCUT2D eigenvalue weighted by Gasteiger charge is 2.31. The first-order chi connectivity index (χ1) is 26.3. The molecule has 0 saturated carbocycles. The minimum Gasteiger partial charge on any atom is -0.662 e. The molecule has 0 aliphatic rings. The number of hydrogen-bond donors (Lipinski definition) is 4. The second kappa shape index (κ2) is 23.1. The number of carbonyl (C=O) groups excluding carboxylic acids is 4. The predicted octanol–water partition coefficient (Wildman–Crippen LogP) is 3.77. The second-order valence-corrected chi connectivity index (χ2v) is 15.6. The third-order valence-electron chi connectivity index (χ3n) is 8.40. The lowest BCUT2D eigenvalue weighted by Crippen LogP contribution is -2.55. The average molecular weight is 797 g/mol. The highest BCUT2D eigenvalue weighted by Crippen LogP contribution is 2.20. The first-order valence-corrected chi connectivity index (χ1v) is 19.7. The molecule has 0 bridgehead atoms. The summed E-state index contributed by atoms with van der Waals surface area (Å²) in [6.07, 6.45) is 1.13. The van der Waals surface area contributed by atoms with Gasteiger partial charge in [0, 0.05) is 24.4 Å². The van der Waals surface area contributed by atoms with Crippen LogP contribution in [0.3, 0.4) is 0 Å². The third-order valence-corrected chi connectivity index (χ3v) is 10.6. The molecule has 0 aliphatic carbocycles. The number of amides is 4. The molecule has 55 heavy (non-hydrogen) atoms. The van der Waals surface area contributed by atoms with Crippen LogP contribution in [0, 0.1) is 5.92 Å². The number of nitrogens with one attached hydrogen (secondary N) is 3. The van der Waals surface area contributed by atoms with E-state index in [0.717, 1.165) is 26.7 Å². The predicted molar refractivity (Wildman–Crippen MR) is 207 cm³/mol. The summed E-state index contributed by atoms with van der Waals surface area (Å²) in [5.41, 5.74) is 4.62. The molecule has 0 unspecified atom stereocenters. The molecule has 298 valence electrons. The fourth-order valence-electron chi connectivity index (χ4n) is 5.58. The Kier molecular flexibility index (Phi) is 18.7.